The Balaban J connectivity index is 1.92. The van der Waals surface area contributed by atoms with Gasteiger partial charge in [0.1, 0.15) is 0 Å². The highest BCUT2D eigenvalue weighted by Crippen LogP contribution is 2.34. The molecule has 1 heterocycles. The zero-order chi connectivity index (χ0) is 15.2. The second-order valence-electron chi connectivity index (χ2n) is 5.70. The molecule has 0 aliphatic heterocycles. The second-order valence-corrected chi connectivity index (χ2v) is 6.73. The number of hydrogen-bond donors (Lipinski definition) is 1. The number of amides is 1. The quantitative estimate of drug-likeness (QED) is 0.709. The van der Waals surface area contributed by atoms with E-state index in [4.69, 9.17) is 5.73 Å². The zero-order valence-corrected chi connectivity index (χ0v) is 13.5. The molecule has 2 N–H and O–H groups in total. The summed E-state index contributed by atoms with van der Waals surface area (Å²) in [7, 11) is 2.00. The van der Waals surface area contributed by atoms with Crippen LogP contribution in [0.4, 0.5) is 0 Å². The number of rotatable bonds is 9. The molecule has 0 bridgehead atoms. The molecule has 1 saturated carbocycles. The van der Waals surface area contributed by atoms with Crippen LogP contribution in [-0.4, -0.2) is 48.4 Å². The first-order chi connectivity index (χ1) is 10.2. The highest BCUT2D eigenvalue weighted by molar-refractivity contribution is 7.09. The third kappa shape index (κ3) is 4.66. The van der Waals surface area contributed by atoms with Gasteiger partial charge in [0.25, 0.3) is 0 Å². The molecule has 1 aliphatic rings. The summed E-state index contributed by atoms with van der Waals surface area (Å²) >= 11 is 1.68. The van der Waals surface area contributed by atoms with Crippen molar-refractivity contribution in [3.63, 3.8) is 0 Å². The van der Waals surface area contributed by atoms with E-state index in [1.165, 1.54) is 17.7 Å². The Kier molecular flexibility index (Phi) is 5.96. The van der Waals surface area contributed by atoms with E-state index < -0.39 is 0 Å². The highest BCUT2D eigenvalue weighted by Gasteiger charge is 2.33. The molecule has 0 aromatic carbocycles. The van der Waals surface area contributed by atoms with Crippen molar-refractivity contribution < 1.29 is 4.79 Å². The lowest BCUT2D eigenvalue weighted by Gasteiger charge is -2.29. The molecule has 0 saturated heterocycles. The molecule has 1 unspecified atom stereocenters. The van der Waals surface area contributed by atoms with Gasteiger partial charge >= 0.3 is 0 Å². The van der Waals surface area contributed by atoms with Crippen molar-refractivity contribution in [2.24, 2.45) is 11.7 Å². The van der Waals surface area contributed by atoms with Crippen LogP contribution in [0.25, 0.3) is 0 Å². The average molecular weight is 307 g/mol. The number of carbonyl (C=O) groups excluding carboxylic acids is 1. The lowest BCUT2D eigenvalue weighted by Crippen LogP contribution is -2.46. The first-order valence-corrected chi connectivity index (χ1v) is 8.35. The minimum atomic E-state index is 0.143. The maximum atomic E-state index is 12.5. The molecule has 1 aliphatic carbocycles. The van der Waals surface area contributed by atoms with E-state index in [0.717, 1.165) is 0 Å². The molecular weight excluding hydrogens is 282 g/mol. The van der Waals surface area contributed by atoms with Gasteiger partial charge < -0.3 is 10.6 Å². The molecule has 1 fully saturated rings. The van der Waals surface area contributed by atoms with Crippen molar-refractivity contribution in [3.05, 3.63) is 35.0 Å². The van der Waals surface area contributed by atoms with Crippen LogP contribution in [0.3, 0.4) is 0 Å². The molecule has 1 aromatic heterocycles. The maximum absolute atomic E-state index is 12.5. The van der Waals surface area contributed by atoms with E-state index in [1.807, 2.05) is 23.4 Å². The van der Waals surface area contributed by atoms with Crippen LogP contribution in [0.15, 0.2) is 30.2 Å². The minimum absolute atomic E-state index is 0.143. The molecule has 1 atom stereocenters. The number of nitrogens with zero attached hydrogens (tertiary/aromatic N) is 2. The summed E-state index contributed by atoms with van der Waals surface area (Å²) in [5, 5.41) is 2.04. The number of thiophene rings is 1. The van der Waals surface area contributed by atoms with Gasteiger partial charge in [-0.05, 0) is 37.3 Å². The SMILES string of the molecule is C=CCN(Cc1cccs1)C(=O)CN(C)C(CN)C1CC1. The van der Waals surface area contributed by atoms with E-state index in [0.29, 0.717) is 38.1 Å². The summed E-state index contributed by atoms with van der Waals surface area (Å²) in [6.45, 7) is 6.06. The van der Waals surface area contributed by atoms with Crippen LogP contribution in [0.5, 0.6) is 0 Å². The summed E-state index contributed by atoms with van der Waals surface area (Å²) in [4.78, 5) is 17.7. The summed E-state index contributed by atoms with van der Waals surface area (Å²) in [5.74, 6) is 0.822. The van der Waals surface area contributed by atoms with Gasteiger partial charge in [0.15, 0.2) is 0 Å². The van der Waals surface area contributed by atoms with E-state index in [-0.39, 0.29) is 5.91 Å². The Hall–Kier alpha value is -1.17. The standard InChI is InChI=1S/C16H25N3OS/c1-3-8-19(11-14-5-4-9-21-14)16(20)12-18(2)15(10-17)13-6-7-13/h3-5,9,13,15H,1,6-8,10-12,17H2,2H3. The topological polar surface area (TPSA) is 49.6 Å². The van der Waals surface area contributed by atoms with Crippen LogP contribution < -0.4 is 5.73 Å². The van der Waals surface area contributed by atoms with Gasteiger partial charge in [-0.1, -0.05) is 12.1 Å². The molecule has 0 spiro atoms. The van der Waals surface area contributed by atoms with Crippen molar-refractivity contribution in [1.82, 2.24) is 9.80 Å². The van der Waals surface area contributed by atoms with Crippen molar-refractivity contribution in [2.45, 2.75) is 25.4 Å². The predicted molar refractivity (Wildman–Crippen MR) is 88.1 cm³/mol. The fourth-order valence-corrected chi connectivity index (χ4v) is 3.36. The van der Waals surface area contributed by atoms with E-state index in [2.05, 4.69) is 17.5 Å². The van der Waals surface area contributed by atoms with Crippen LogP contribution in [0.1, 0.15) is 17.7 Å². The number of carbonyl (C=O) groups is 1. The Morgan fingerprint density at radius 3 is 2.90 bits per heavy atom. The van der Waals surface area contributed by atoms with Crippen molar-refractivity contribution in [1.29, 1.82) is 0 Å². The normalized spacial score (nSPS) is 16.0. The molecule has 5 heteroatoms. The van der Waals surface area contributed by atoms with E-state index >= 15 is 0 Å². The fraction of sp³-hybridized carbons (Fsp3) is 0.562. The second kappa shape index (κ2) is 7.73. The average Bonchev–Trinajstić information content (AvgIpc) is 3.15. The number of hydrogen-bond acceptors (Lipinski definition) is 4. The molecule has 116 valence electrons. The number of nitrogens with two attached hydrogens (primary N) is 1. The highest BCUT2D eigenvalue weighted by atomic mass is 32.1. The van der Waals surface area contributed by atoms with Gasteiger partial charge in [0.05, 0.1) is 13.1 Å². The van der Waals surface area contributed by atoms with E-state index in [1.54, 1.807) is 17.4 Å². The Bertz CT molecular complexity index is 456. The Morgan fingerprint density at radius 1 is 1.62 bits per heavy atom. The van der Waals surface area contributed by atoms with Crippen molar-refractivity contribution >= 4 is 17.2 Å². The first-order valence-electron chi connectivity index (χ1n) is 7.47. The summed E-state index contributed by atoms with van der Waals surface area (Å²) in [6.07, 6.45) is 4.27. The third-order valence-electron chi connectivity index (χ3n) is 3.99. The molecular formula is C16H25N3OS. The molecule has 1 aromatic rings. The molecule has 21 heavy (non-hydrogen) atoms. The monoisotopic (exact) mass is 307 g/mol. The molecule has 2 rings (SSSR count). The van der Waals surface area contributed by atoms with Gasteiger partial charge in [-0.3, -0.25) is 9.69 Å². The van der Waals surface area contributed by atoms with Crippen molar-refractivity contribution in [2.75, 3.05) is 26.7 Å². The minimum Gasteiger partial charge on any atom is -0.333 e. The summed E-state index contributed by atoms with van der Waals surface area (Å²) in [5.41, 5.74) is 5.85. The van der Waals surface area contributed by atoms with Gasteiger partial charge in [-0.15, -0.1) is 17.9 Å². The van der Waals surface area contributed by atoms with Crippen LogP contribution in [0, 0.1) is 5.92 Å². The summed E-state index contributed by atoms with van der Waals surface area (Å²) in [6, 6.07) is 4.41. The lowest BCUT2D eigenvalue weighted by atomic mass is 10.1. The summed E-state index contributed by atoms with van der Waals surface area (Å²) < 4.78 is 0. The van der Waals surface area contributed by atoms with Gasteiger partial charge in [-0.25, -0.2) is 0 Å². The van der Waals surface area contributed by atoms with Gasteiger partial charge in [0.2, 0.25) is 5.91 Å². The van der Waals surface area contributed by atoms with Crippen LogP contribution in [-0.2, 0) is 11.3 Å². The van der Waals surface area contributed by atoms with Crippen LogP contribution >= 0.6 is 11.3 Å². The first kappa shape index (κ1) is 16.2. The van der Waals surface area contributed by atoms with Crippen LogP contribution in [0.2, 0.25) is 0 Å². The maximum Gasteiger partial charge on any atom is 0.237 e. The number of likely N-dealkylation sites (N-methyl/N-ethyl adjacent to an activating group) is 1. The third-order valence-corrected chi connectivity index (χ3v) is 4.85. The molecule has 1 amide bonds. The van der Waals surface area contributed by atoms with E-state index in [9.17, 15) is 4.79 Å². The smallest absolute Gasteiger partial charge is 0.237 e. The predicted octanol–water partition coefficient (Wildman–Crippen LogP) is 1.93. The molecule has 0 radical (unpaired) electrons. The lowest BCUT2D eigenvalue weighted by molar-refractivity contribution is -0.132. The Morgan fingerprint density at radius 2 is 2.38 bits per heavy atom. The van der Waals surface area contributed by atoms with Gasteiger partial charge in [-0.2, -0.15) is 0 Å². The van der Waals surface area contributed by atoms with Crippen molar-refractivity contribution in [3.8, 4) is 0 Å². The Labute approximate surface area is 131 Å². The van der Waals surface area contributed by atoms with Gasteiger partial charge in [0, 0.05) is 24.0 Å². The largest absolute Gasteiger partial charge is 0.333 e. The zero-order valence-electron chi connectivity index (χ0n) is 12.7. The molecule has 4 nitrogen and oxygen atoms in total. The fourth-order valence-electron chi connectivity index (χ4n) is 2.64.